The molecule has 1 aromatic heterocycles. The molecule has 0 saturated carbocycles. The molecule has 102 valence electrons. The number of hydrogen-bond donors (Lipinski definition) is 1. The SMILES string of the molecule is CC(C)NCc1nnc(Cc2c(F)cccc2F)s1. The number of hydrogen-bond acceptors (Lipinski definition) is 4. The lowest BCUT2D eigenvalue weighted by atomic mass is 10.1. The van der Waals surface area contributed by atoms with Gasteiger partial charge in [0.1, 0.15) is 21.6 Å². The summed E-state index contributed by atoms with van der Waals surface area (Å²) in [6.07, 6.45) is 0.137. The first-order valence-electron chi connectivity index (χ1n) is 6.04. The van der Waals surface area contributed by atoms with Gasteiger partial charge in [-0.25, -0.2) is 8.78 Å². The number of nitrogens with one attached hydrogen (secondary N) is 1. The molecule has 6 heteroatoms. The van der Waals surface area contributed by atoms with Crippen molar-refractivity contribution in [1.82, 2.24) is 15.5 Å². The maximum atomic E-state index is 13.5. The van der Waals surface area contributed by atoms with E-state index in [1.54, 1.807) is 0 Å². The van der Waals surface area contributed by atoms with Crippen molar-refractivity contribution < 1.29 is 8.78 Å². The highest BCUT2D eigenvalue weighted by Crippen LogP contribution is 2.19. The van der Waals surface area contributed by atoms with Gasteiger partial charge in [0.05, 0.1) is 0 Å². The lowest BCUT2D eigenvalue weighted by Gasteiger charge is -2.03. The van der Waals surface area contributed by atoms with Gasteiger partial charge in [-0.15, -0.1) is 10.2 Å². The van der Waals surface area contributed by atoms with Crippen LogP contribution in [0.1, 0.15) is 29.4 Å². The smallest absolute Gasteiger partial charge is 0.131 e. The number of nitrogens with zero attached hydrogens (tertiary/aromatic N) is 2. The summed E-state index contributed by atoms with van der Waals surface area (Å²) in [6.45, 7) is 4.70. The van der Waals surface area contributed by atoms with Crippen LogP contribution in [0.15, 0.2) is 18.2 Å². The Balaban J connectivity index is 2.07. The van der Waals surface area contributed by atoms with Gasteiger partial charge in [0.15, 0.2) is 0 Å². The molecular weight excluding hydrogens is 268 g/mol. The number of rotatable bonds is 5. The average molecular weight is 283 g/mol. The van der Waals surface area contributed by atoms with Crippen LogP contribution in [-0.2, 0) is 13.0 Å². The molecule has 3 nitrogen and oxygen atoms in total. The zero-order chi connectivity index (χ0) is 13.8. The van der Waals surface area contributed by atoms with E-state index in [0.29, 0.717) is 17.6 Å². The Kier molecular flexibility index (Phi) is 4.55. The summed E-state index contributed by atoms with van der Waals surface area (Å²) in [7, 11) is 0. The van der Waals surface area contributed by atoms with Crippen LogP contribution in [0.3, 0.4) is 0 Å². The molecule has 0 fully saturated rings. The van der Waals surface area contributed by atoms with E-state index in [4.69, 9.17) is 0 Å². The molecule has 0 radical (unpaired) electrons. The van der Waals surface area contributed by atoms with Crippen molar-refractivity contribution in [3.63, 3.8) is 0 Å². The van der Waals surface area contributed by atoms with Crippen LogP contribution in [0.2, 0.25) is 0 Å². The fourth-order valence-electron chi connectivity index (χ4n) is 1.58. The first-order chi connectivity index (χ1) is 9.06. The highest BCUT2D eigenvalue weighted by Gasteiger charge is 2.12. The molecule has 0 unspecified atom stereocenters. The Labute approximate surface area is 114 Å². The van der Waals surface area contributed by atoms with E-state index in [1.165, 1.54) is 29.5 Å². The third-order valence-electron chi connectivity index (χ3n) is 2.56. The van der Waals surface area contributed by atoms with Gasteiger partial charge in [0.25, 0.3) is 0 Å². The van der Waals surface area contributed by atoms with Crippen molar-refractivity contribution in [1.29, 1.82) is 0 Å². The van der Waals surface area contributed by atoms with Crippen molar-refractivity contribution in [2.75, 3.05) is 0 Å². The first-order valence-corrected chi connectivity index (χ1v) is 6.85. The van der Waals surface area contributed by atoms with E-state index in [-0.39, 0.29) is 12.0 Å². The van der Waals surface area contributed by atoms with E-state index in [1.807, 2.05) is 13.8 Å². The molecule has 1 aromatic carbocycles. The number of aromatic nitrogens is 2. The highest BCUT2D eigenvalue weighted by molar-refractivity contribution is 7.11. The van der Waals surface area contributed by atoms with Crippen LogP contribution < -0.4 is 5.32 Å². The molecule has 0 atom stereocenters. The predicted octanol–water partition coefficient (Wildman–Crippen LogP) is 2.91. The van der Waals surface area contributed by atoms with E-state index >= 15 is 0 Å². The molecule has 2 aromatic rings. The minimum Gasteiger partial charge on any atom is -0.308 e. The van der Waals surface area contributed by atoms with Crippen molar-refractivity contribution >= 4 is 11.3 Å². The van der Waals surface area contributed by atoms with Gasteiger partial charge in [0.2, 0.25) is 0 Å². The van der Waals surface area contributed by atoms with Crippen LogP contribution in [0, 0.1) is 11.6 Å². The molecule has 0 saturated heterocycles. The monoisotopic (exact) mass is 283 g/mol. The number of benzene rings is 1. The second-order valence-corrected chi connectivity index (χ2v) is 5.65. The van der Waals surface area contributed by atoms with Gasteiger partial charge < -0.3 is 5.32 Å². The maximum absolute atomic E-state index is 13.5. The lowest BCUT2D eigenvalue weighted by Crippen LogP contribution is -2.21. The summed E-state index contributed by atoms with van der Waals surface area (Å²) in [5.74, 6) is -1.09. The summed E-state index contributed by atoms with van der Waals surface area (Å²) >= 11 is 1.37. The summed E-state index contributed by atoms with van der Waals surface area (Å²) in [5, 5.41) is 12.6. The zero-order valence-electron chi connectivity index (χ0n) is 10.8. The molecule has 0 amide bonds. The molecule has 1 N–H and O–H groups in total. The second kappa shape index (κ2) is 6.16. The van der Waals surface area contributed by atoms with Crippen LogP contribution in [-0.4, -0.2) is 16.2 Å². The molecule has 19 heavy (non-hydrogen) atoms. The summed E-state index contributed by atoms with van der Waals surface area (Å²) in [6, 6.07) is 4.21. The maximum Gasteiger partial charge on any atom is 0.131 e. The molecule has 0 aliphatic carbocycles. The van der Waals surface area contributed by atoms with E-state index < -0.39 is 11.6 Å². The van der Waals surface area contributed by atoms with Crippen molar-refractivity contribution in [2.45, 2.75) is 32.9 Å². The summed E-state index contributed by atoms with van der Waals surface area (Å²) in [4.78, 5) is 0. The van der Waals surface area contributed by atoms with Crippen molar-refractivity contribution in [2.24, 2.45) is 0 Å². The van der Waals surface area contributed by atoms with E-state index in [0.717, 1.165) is 5.01 Å². The van der Waals surface area contributed by atoms with Gasteiger partial charge in [-0.2, -0.15) is 0 Å². The third kappa shape index (κ3) is 3.78. The van der Waals surface area contributed by atoms with Gasteiger partial charge in [-0.3, -0.25) is 0 Å². The molecule has 0 bridgehead atoms. The minimum atomic E-state index is -0.544. The Hall–Kier alpha value is -1.40. The fraction of sp³-hybridized carbons (Fsp3) is 0.385. The third-order valence-corrected chi connectivity index (χ3v) is 3.48. The molecule has 2 rings (SSSR count). The normalized spacial score (nSPS) is 11.2. The van der Waals surface area contributed by atoms with Crippen LogP contribution in [0.25, 0.3) is 0 Å². The lowest BCUT2D eigenvalue weighted by molar-refractivity contribution is 0.560. The Morgan fingerprint density at radius 3 is 2.42 bits per heavy atom. The first kappa shape index (κ1) is 14.0. The van der Waals surface area contributed by atoms with E-state index in [2.05, 4.69) is 15.5 Å². The minimum absolute atomic E-state index is 0.0435. The summed E-state index contributed by atoms with van der Waals surface area (Å²) < 4.78 is 27.0. The van der Waals surface area contributed by atoms with Gasteiger partial charge in [-0.05, 0) is 12.1 Å². The Bertz CT molecular complexity index is 534. The summed E-state index contributed by atoms with van der Waals surface area (Å²) in [5.41, 5.74) is 0.0435. The van der Waals surface area contributed by atoms with Crippen LogP contribution in [0.5, 0.6) is 0 Å². The average Bonchev–Trinajstić information content (AvgIpc) is 2.79. The molecule has 1 heterocycles. The number of halogens is 2. The standard InChI is InChI=1S/C13H15F2N3S/c1-8(2)16-7-13-18-17-12(19-13)6-9-10(14)4-3-5-11(9)15/h3-5,8,16H,6-7H2,1-2H3. The zero-order valence-corrected chi connectivity index (χ0v) is 11.6. The molecule has 0 spiro atoms. The predicted molar refractivity (Wildman–Crippen MR) is 71.0 cm³/mol. The molecular formula is C13H15F2N3S. The quantitative estimate of drug-likeness (QED) is 0.917. The second-order valence-electron chi connectivity index (χ2n) is 4.50. The molecule has 0 aliphatic rings. The largest absolute Gasteiger partial charge is 0.308 e. The van der Waals surface area contributed by atoms with Crippen molar-refractivity contribution in [3.05, 3.63) is 45.4 Å². The van der Waals surface area contributed by atoms with Crippen LogP contribution >= 0.6 is 11.3 Å². The van der Waals surface area contributed by atoms with E-state index in [9.17, 15) is 8.78 Å². The Morgan fingerprint density at radius 2 is 1.79 bits per heavy atom. The van der Waals surface area contributed by atoms with Gasteiger partial charge >= 0.3 is 0 Å². The fourth-order valence-corrected chi connectivity index (χ4v) is 2.38. The topological polar surface area (TPSA) is 37.8 Å². The van der Waals surface area contributed by atoms with Crippen molar-refractivity contribution in [3.8, 4) is 0 Å². The van der Waals surface area contributed by atoms with Crippen LogP contribution in [0.4, 0.5) is 8.78 Å². The Morgan fingerprint density at radius 1 is 1.16 bits per heavy atom. The van der Waals surface area contributed by atoms with Gasteiger partial charge in [-0.1, -0.05) is 31.3 Å². The highest BCUT2D eigenvalue weighted by atomic mass is 32.1. The van der Waals surface area contributed by atoms with Gasteiger partial charge in [0, 0.05) is 24.6 Å². The molecule has 0 aliphatic heterocycles.